The van der Waals surface area contributed by atoms with Gasteiger partial charge in [0, 0.05) is 13.6 Å². The van der Waals surface area contributed by atoms with Crippen LogP contribution in [0.1, 0.15) is 19.8 Å². The highest BCUT2D eigenvalue weighted by Gasteiger charge is 2.21. The highest BCUT2D eigenvalue weighted by atomic mass is 79.9. The first kappa shape index (κ1) is 14.6. The lowest BCUT2D eigenvalue weighted by molar-refractivity contribution is 0.458. The molecule has 0 saturated carbocycles. The van der Waals surface area contributed by atoms with Crippen LogP contribution in [0, 0.1) is 5.82 Å². The molecule has 0 unspecified atom stereocenters. The lowest BCUT2D eigenvalue weighted by Gasteiger charge is -2.16. The molecule has 0 spiro atoms. The number of halogens is 2. The van der Waals surface area contributed by atoms with E-state index in [-0.39, 0.29) is 9.37 Å². The van der Waals surface area contributed by atoms with Crippen LogP contribution in [0.4, 0.5) is 4.39 Å². The SMILES string of the molecule is CCCCN(C)S(=O)(=O)c1ccc(Br)c(F)c1. The number of hydrogen-bond acceptors (Lipinski definition) is 2. The van der Waals surface area contributed by atoms with Gasteiger partial charge in [0.05, 0.1) is 9.37 Å². The molecule has 0 saturated heterocycles. The van der Waals surface area contributed by atoms with Crippen molar-refractivity contribution in [3.63, 3.8) is 0 Å². The third kappa shape index (κ3) is 3.50. The van der Waals surface area contributed by atoms with Crippen LogP contribution in [0.5, 0.6) is 0 Å². The fourth-order valence-corrected chi connectivity index (χ4v) is 2.79. The van der Waals surface area contributed by atoms with E-state index in [0.29, 0.717) is 6.54 Å². The Kier molecular flexibility index (Phi) is 5.09. The van der Waals surface area contributed by atoms with Gasteiger partial charge in [-0.25, -0.2) is 17.1 Å². The predicted octanol–water partition coefficient (Wildman–Crippen LogP) is 3.01. The Morgan fingerprint density at radius 2 is 2.06 bits per heavy atom. The summed E-state index contributed by atoms with van der Waals surface area (Å²) >= 11 is 2.99. The molecule has 0 radical (unpaired) electrons. The van der Waals surface area contributed by atoms with Crippen LogP contribution >= 0.6 is 15.9 Å². The lowest BCUT2D eigenvalue weighted by Crippen LogP contribution is -2.28. The van der Waals surface area contributed by atoms with Gasteiger partial charge in [-0.15, -0.1) is 0 Å². The molecule has 6 heteroatoms. The Labute approximate surface area is 110 Å². The topological polar surface area (TPSA) is 37.4 Å². The molecule has 1 aromatic rings. The summed E-state index contributed by atoms with van der Waals surface area (Å²) in [5.41, 5.74) is 0. The quantitative estimate of drug-likeness (QED) is 0.835. The normalized spacial score (nSPS) is 12.1. The molecular weight excluding hydrogens is 309 g/mol. The molecule has 17 heavy (non-hydrogen) atoms. The molecule has 0 bridgehead atoms. The van der Waals surface area contributed by atoms with Gasteiger partial charge in [0.2, 0.25) is 10.0 Å². The minimum Gasteiger partial charge on any atom is -0.207 e. The van der Waals surface area contributed by atoms with E-state index in [9.17, 15) is 12.8 Å². The minimum absolute atomic E-state index is 0.0168. The molecule has 0 amide bonds. The molecule has 0 aliphatic carbocycles. The van der Waals surface area contributed by atoms with Gasteiger partial charge >= 0.3 is 0 Å². The Hall–Kier alpha value is -0.460. The van der Waals surface area contributed by atoms with Crippen molar-refractivity contribution in [1.82, 2.24) is 4.31 Å². The summed E-state index contributed by atoms with van der Waals surface area (Å²) in [5.74, 6) is -0.574. The van der Waals surface area contributed by atoms with E-state index in [4.69, 9.17) is 0 Å². The molecule has 0 N–H and O–H groups in total. The van der Waals surface area contributed by atoms with Crippen LogP contribution < -0.4 is 0 Å². The van der Waals surface area contributed by atoms with Crippen LogP contribution in [0.3, 0.4) is 0 Å². The van der Waals surface area contributed by atoms with E-state index >= 15 is 0 Å². The van der Waals surface area contributed by atoms with Crippen molar-refractivity contribution >= 4 is 26.0 Å². The summed E-state index contributed by atoms with van der Waals surface area (Å²) in [4.78, 5) is -0.0168. The molecule has 1 rings (SSSR count). The molecule has 0 aromatic heterocycles. The average molecular weight is 324 g/mol. The summed E-state index contributed by atoms with van der Waals surface area (Å²) < 4.78 is 38.9. The lowest BCUT2D eigenvalue weighted by atomic mass is 10.3. The maximum Gasteiger partial charge on any atom is 0.242 e. The fourth-order valence-electron chi connectivity index (χ4n) is 1.32. The number of unbranched alkanes of at least 4 members (excludes halogenated alkanes) is 1. The molecule has 1 aromatic carbocycles. The van der Waals surface area contributed by atoms with E-state index in [1.165, 1.54) is 23.5 Å². The second-order valence-electron chi connectivity index (χ2n) is 3.76. The number of sulfonamides is 1. The Bertz CT molecular complexity index is 490. The summed E-state index contributed by atoms with van der Waals surface area (Å²) in [6, 6.07) is 3.82. The van der Waals surface area contributed by atoms with Crippen LogP contribution in [-0.2, 0) is 10.0 Å². The third-order valence-corrected chi connectivity index (χ3v) is 4.92. The van der Waals surface area contributed by atoms with Crippen molar-refractivity contribution in [3.8, 4) is 0 Å². The second kappa shape index (κ2) is 5.93. The van der Waals surface area contributed by atoms with Gasteiger partial charge in [0.15, 0.2) is 0 Å². The van der Waals surface area contributed by atoms with Crippen molar-refractivity contribution < 1.29 is 12.8 Å². The van der Waals surface area contributed by atoms with Crippen molar-refractivity contribution in [1.29, 1.82) is 0 Å². The van der Waals surface area contributed by atoms with Crippen LogP contribution in [0.25, 0.3) is 0 Å². The highest BCUT2D eigenvalue weighted by Crippen LogP contribution is 2.21. The van der Waals surface area contributed by atoms with Gasteiger partial charge < -0.3 is 0 Å². The molecule has 0 fully saturated rings. The molecule has 3 nitrogen and oxygen atoms in total. The molecule has 96 valence electrons. The summed E-state index contributed by atoms with van der Waals surface area (Å²) in [7, 11) is -2.07. The van der Waals surface area contributed by atoms with Gasteiger partial charge in [0.25, 0.3) is 0 Å². The first-order valence-electron chi connectivity index (χ1n) is 5.31. The van der Waals surface area contributed by atoms with Crippen LogP contribution in [0.2, 0.25) is 0 Å². The molecule has 0 heterocycles. The molecule has 0 aliphatic heterocycles. The maximum absolute atomic E-state index is 13.3. The monoisotopic (exact) mass is 323 g/mol. The smallest absolute Gasteiger partial charge is 0.207 e. The highest BCUT2D eigenvalue weighted by molar-refractivity contribution is 9.10. The van der Waals surface area contributed by atoms with Gasteiger partial charge in [-0.1, -0.05) is 13.3 Å². The van der Waals surface area contributed by atoms with Crippen LogP contribution in [-0.4, -0.2) is 26.3 Å². The first-order chi connectivity index (χ1) is 7.89. The van der Waals surface area contributed by atoms with Crippen molar-refractivity contribution in [3.05, 3.63) is 28.5 Å². The summed E-state index contributed by atoms with van der Waals surface area (Å²) in [5, 5.41) is 0. The molecule has 0 aliphatic rings. The van der Waals surface area contributed by atoms with E-state index in [1.807, 2.05) is 6.92 Å². The van der Waals surface area contributed by atoms with Gasteiger partial charge in [0.1, 0.15) is 5.82 Å². The Morgan fingerprint density at radius 3 is 2.59 bits per heavy atom. The van der Waals surface area contributed by atoms with E-state index in [2.05, 4.69) is 15.9 Å². The maximum atomic E-state index is 13.3. The average Bonchev–Trinajstić information content (AvgIpc) is 2.29. The third-order valence-electron chi connectivity index (χ3n) is 2.43. The summed E-state index contributed by atoms with van der Waals surface area (Å²) in [6.07, 6.45) is 1.70. The van der Waals surface area contributed by atoms with Gasteiger partial charge in [-0.3, -0.25) is 0 Å². The van der Waals surface area contributed by atoms with E-state index < -0.39 is 15.8 Å². The Balaban J connectivity index is 3.00. The van der Waals surface area contributed by atoms with Gasteiger partial charge in [-0.2, -0.15) is 0 Å². The number of rotatable bonds is 5. The van der Waals surface area contributed by atoms with Crippen molar-refractivity contribution in [2.75, 3.05) is 13.6 Å². The largest absolute Gasteiger partial charge is 0.242 e. The van der Waals surface area contributed by atoms with Crippen molar-refractivity contribution in [2.45, 2.75) is 24.7 Å². The fraction of sp³-hybridized carbons (Fsp3) is 0.455. The standard InChI is InChI=1S/C11H15BrFNO2S/c1-3-4-7-14(2)17(15,16)9-5-6-10(12)11(13)8-9/h5-6,8H,3-4,7H2,1-2H3. The van der Waals surface area contributed by atoms with Crippen LogP contribution in [0.15, 0.2) is 27.6 Å². The number of hydrogen-bond donors (Lipinski definition) is 0. The van der Waals surface area contributed by atoms with E-state index in [0.717, 1.165) is 18.9 Å². The zero-order valence-corrected chi connectivity index (χ0v) is 12.2. The molecule has 0 atom stereocenters. The minimum atomic E-state index is -3.58. The summed E-state index contributed by atoms with van der Waals surface area (Å²) in [6.45, 7) is 2.43. The predicted molar refractivity (Wildman–Crippen MR) is 68.8 cm³/mol. The molecular formula is C11H15BrFNO2S. The van der Waals surface area contributed by atoms with E-state index in [1.54, 1.807) is 0 Å². The zero-order valence-electron chi connectivity index (χ0n) is 9.78. The van der Waals surface area contributed by atoms with Gasteiger partial charge in [-0.05, 0) is 40.5 Å². The Morgan fingerprint density at radius 1 is 1.41 bits per heavy atom. The zero-order chi connectivity index (χ0) is 13.1. The second-order valence-corrected chi connectivity index (χ2v) is 6.66. The number of nitrogens with zero attached hydrogens (tertiary/aromatic N) is 1. The first-order valence-corrected chi connectivity index (χ1v) is 7.54. The number of benzene rings is 1. The van der Waals surface area contributed by atoms with Crippen molar-refractivity contribution in [2.24, 2.45) is 0 Å².